The number of amidine groups is 1. The van der Waals surface area contributed by atoms with Gasteiger partial charge in [-0.25, -0.2) is 17.6 Å². The summed E-state index contributed by atoms with van der Waals surface area (Å²) >= 11 is 0. The van der Waals surface area contributed by atoms with Gasteiger partial charge in [0.1, 0.15) is 18.2 Å². The molecular weight excluding hydrogens is 498 g/mol. The topological polar surface area (TPSA) is 65.4 Å². The Morgan fingerprint density at radius 1 is 1.11 bits per heavy atom. The number of halogens is 4. The minimum Gasteiger partial charge on any atom is -0.463 e. The number of hydrogen-bond donors (Lipinski definition) is 2. The lowest BCUT2D eigenvalue weighted by molar-refractivity contribution is 0.0931. The number of nitrogens with one attached hydrogen (secondary N) is 2. The SMILES string of the molecule is Cc1cc(C(NC(=O)c2cc(CN3CCOC3=N)cc(-c3ccc(F)cc3C(F)F)c2)C2CC2)ccc1F. The van der Waals surface area contributed by atoms with Crippen LogP contribution in [0.25, 0.3) is 11.1 Å². The first-order valence-corrected chi connectivity index (χ1v) is 12.4. The zero-order chi connectivity index (χ0) is 27.0. The van der Waals surface area contributed by atoms with Crippen LogP contribution in [-0.2, 0) is 11.3 Å². The van der Waals surface area contributed by atoms with Gasteiger partial charge < -0.3 is 15.0 Å². The molecule has 2 aliphatic rings. The van der Waals surface area contributed by atoms with E-state index in [9.17, 15) is 22.4 Å². The number of ether oxygens (including phenoxy) is 1. The Morgan fingerprint density at radius 3 is 2.55 bits per heavy atom. The first kappa shape index (κ1) is 25.8. The Balaban J connectivity index is 1.52. The molecule has 0 aromatic heterocycles. The molecule has 0 radical (unpaired) electrons. The highest BCUT2D eigenvalue weighted by Crippen LogP contribution is 2.41. The van der Waals surface area contributed by atoms with E-state index in [4.69, 9.17) is 10.1 Å². The predicted octanol–water partition coefficient (Wildman–Crippen LogP) is 6.53. The quantitative estimate of drug-likeness (QED) is 0.329. The van der Waals surface area contributed by atoms with E-state index in [2.05, 4.69) is 5.32 Å². The van der Waals surface area contributed by atoms with E-state index in [0.29, 0.717) is 29.8 Å². The van der Waals surface area contributed by atoms with E-state index in [1.165, 1.54) is 18.2 Å². The number of alkyl halides is 2. The molecule has 0 spiro atoms. The van der Waals surface area contributed by atoms with Gasteiger partial charge in [0.05, 0.1) is 12.6 Å². The van der Waals surface area contributed by atoms with Crippen LogP contribution in [0.2, 0.25) is 0 Å². The molecule has 1 amide bonds. The molecule has 5 rings (SSSR count). The van der Waals surface area contributed by atoms with E-state index < -0.39 is 23.7 Å². The number of rotatable bonds is 8. The van der Waals surface area contributed by atoms with Crippen molar-refractivity contribution in [1.29, 1.82) is 5.41 Å². The second-order valence-corrected chi connectivity index (χ2v) is 9.82. The van der Waals surface area contributed by atoms with Crippen LogP contribution in [-0.4, -0.2) is 30.0 Å². The van der Waals surface area contributed by atoms with Crippen molar-refractivity contribution in [3.05, 3.63) is 94.0 Å². The van der Waals surface area contributed by atoms with Gasteiger partial charge in [-0.1, -0.05) is 18.2 Å². The summed E-state index contributed by atoms with van der Waals surface area (Å²) in [6.07, 6.45) is -1.06. The zero-order valence-electron chi connectivity index (χ0n) is 20.7. The van der Waals surface area contributed by atoms with Crippen molar-refractivity contribution in [2.45, 2.75) is 38.8 Å². The fraction of sp³-hybridized carbons (Fsp3) is 0.310. The van der Waals surface area contributed by atoms with Gasteiger partial charge in [0.25, 0.3) is 18.4 Å². The molecule has 1 saturated carbocycles. The van der Waals surface area contributed by atoms with Gasteiger partial charge in [0, 0.05) is 17.7 Å². The van der Waals surface area contributed by atoms with Crippen LogP contribution >= 0.6 is 0 Å². The Morgan fingerprint density at radius 2 is 1.89 bits per heavy atom. The first-order chi connectivity index (χ1) is 18.2. The molecule has 1 atom stereocenters. The summed E-state index contributed by atoms with van der Waals surface area (Å²) in [5.74, 6) is -1.28. The van der Waals surface area contributed by atoms with Gasteiger partial charge in [-0.15, -0.1) is 0 Å². The number of nitrogens with zero attached hydrogens (tertiary/aromatic N) is 1. The highest BCUT2D eigenvalue weighted by atomic mass is 19.3. The Bertz CT molecular complexity index is 1390. The van der Waals surface area contributed by atoms with E-state index in [1.807, 2.05) is 0 Å². The zero-order valence-corrected chi connectivity index (χ0v) is 20.7. The summed E-state index contributed by atoms with van der Waals surface area (Å²) in [6, 6.07) is 12.5. The summed E-state index contributed by atoms with van der Waals surface area (Å²) in [5, 5.41) is 11.0. The first-order valence-electron chi connectivity index (χ1n) is 12.4. The van der Waals surface area contributed by atoms with Crippen molar-refractivity contribution in [1.82, 2.24) is 10.2 Å². The van der Waals surface area contributed by atoms with Crippen molar-refractivity contribution >= 4 is 11.9 Å². The maximum Gasteiger partial charge on any atom is 0.284 e. The summed E-state index contributed by atoms with van der Waals surface area (Å²) in [5.41, 5.74) is 2.15. The van der Waals surface area contributed by atoms with Crippen LogP contribution in [0, 0.1) is 29.9 Å². The van der Waals surface area contributed by atoms with Gasteiger partial charge >= 0.3 is 0 Å². The maximum absolute atomic E-state index is 13.9. The number of amides is 1. The van der Waals surface area contributed by atoms with Gasteiger partial charge in [0.15, 0.2) is 0 Å². The minimum atomic E-state index is -2.91. The Hall–Kier alpha value is -3.88. The lowest BCUT2D eigenvalue weighted by Gasteiger charge is -2.21. The molecule has 3 aromatic carbocycles. The average Bonchev–Trinajstić information content (AvgIpc) is 3.66. The predicted molar refractivity (Wildman–Crippen MR) is 135 cm³/mol. The molecule has 5 nitrogen and oxygen atoms in total. The normalized spacial score (nSPS) is 16.1. The molecule has 1 heterocycles. The molecule has 1 aliphatic heterocycles. The summed E-state index contributed by atoms with van der Waals surface area (Å²) in [6.45, 7) is 2.75. The smallest absolute Gasteiger partial charge is 0.284 e. The van der Waals surface area contributed by atoms with Crippen LogP contribution in [0.1, 0.15) is 57.9 Å². The van der Waals surface area contributed by atoms with Gasteiger partial charge in [0.2, 0.25) is 0 Å². The summed E-state index contributed by atoms with van der Waals surface area (Å²) in [7, 11) is 0. The third kappa shape index (κ3) is 5.51. The number of aryl methyl sites for hydroxylation is 1. The highest BCUT2D eigenvalue weighted by molar-refractivity contribution is 5.96. The monoisotopic (exact) mass is 525 g/mol. The second-order valence-electron chi connectivity index (χ2n) is 9.82. The summed E-state index contributed by atoms with van der Waals surface area (Å²) in [4.78, 5) is 15.2. The van der Waals surface area contributed by atoms with E-state index in [0.717, 1.165) is 30.5 Å². The standard InChI is InChI=1S/C29H27F4N3O2/c1-16-10-19(4-7-25(16)31)26(18-2-3-18)35-28(37)21-12-17(15-36-8-9-38-29(36)34)11-20(13-21)23-6-5-22(30)14-24(23)27(32)33/h4-7,10-14,18,26-27,34H,2-3,8-9,15H2,1H3,(H,35,37). The fourth-order valence-corrected chi connectivity index (χ4v) is 4.85. The fourth-order valence-electron chi connectivity index (χ4n) is 4.85. The summed E-state index contributed by atoms with van der Waals surface area (Å²) < 4.78 is 60.5. The lowest BCUT2D eigenvalue weighted by atomic mass is 9.94. The van der Waals surface area contributed by atoms with Crippen LogP contribution in [0.3, 0.4) is 0 Å². The largest absolute Gasteiger partial charge is 0.463 e. The molecule has 1 unspecified atom stereocenters. The van der Waals surface area contributed by atoms with Crippen molar-refractivity contribution in [3.63, 3.8) is 0 Å². The number of carbonyl (C=O) groups is 1. The molecule has 198 valence electrons. The third-order valence-electron chi connectivity index (χ3n) is 7.00. The lowest BCUT2D eigenvalue weighted by Crippen LogP contribution is -2.30. The number of carbonyl (C=O) groups excluding carboxylic acids is 1. The average molecular weight is 526 g/mol. The maximum atomic E-state index is 13.9. The van der Waals surface area contributed by atoms with Crippen LogP contribution < -0.4 is 5.32 Å². The minimum absolute atomic E-state index is 0.00284. The molecular formula is C29H27F4N3O2. The van der Waals surface area contributed by atoms with Crippen LogP contribution in [0.15, 0.2) is 54.6 Å². The van der Waals surface area contributed by atoms with E-state index in [1.54, 1.807) is 36.1 Å². The van der Waals surface area contributed by atoms with Crippen LogP contribution in [0.4, 0.5) is 17.6 Å². The number of hydrogen-bond acceptors (Lipinski definition) is 3. The van der Waals surface area contributed by atoms with Crippen LogP contribution in [0.5, 0.6) is 0 Å². The van der Waals surface area contributed by atoms with Gasteiger partial charge in [-0.3, -0.25) is 10.2 Å². The highest BCUT2D eigenvalue weighted by Gasteiger charge is 2.34. The Kier molecular flexibility index (Phi) is 7.10. The molecule has 1 aliphatic carbocycles. The van der Waals surface area contributed by atoms with Crippen molar-refractivity contribution in [3.8, 4) is 11.1 Å². The Labute approximate surface area is 217 Å². The van der Waals surface area contributed by atoms with Crippen molar-refractivity contribution in [2.75, 3.05) is 13.2 Å². The van der Waals surface area contributed by atoms with E-state index in [-0.39, 0.29) is 41.5 Å². The molecule has 2 N–H and O–H groups in total. The molecule has 9 heteroatoms. The number of benzene rings is 3. The molecule has 2 fully saturated rings. The van der Waals surface area contributed by atoms with Crippen molar-refractivity contribution in [2.24, 2.45) is 5.92 Å². The van der Waals surface area contributed by atoms with Gasteiger partial charge in [-0.05, 0) is 89.9 Å². The molecule has 38 heavy (non-hydrogen) atoms. The molecule has 1 saturated heterocycles. The second kappa shape index (κ2) is 10.5. The van der Waals surface area contributed by atoms with E-state index >= 15 is 0 Å². The van der Waals surface area contributed by atoms with Crippen molar-refractivity contribution < 1.29 is 27.1 Å². The molecule has 3 aromatic rings. The molecule has 0 bridgehead atoms. The third-order valence-corrected chi connectivity index (χ3v) is 7.00. The van der Waals surface area contributed by atoms with Gasteiger partial charge in [-0.2, -0.15) is 0 Å².